The van der Waals surface area contributed by atoms with Gasteiger partial charge in [0.05, 0.1) is 26.0 Å². The van der Waals surface area contributed by atoms with Crippen LogP contribution in [-0.2, 0) is 10.0 Å². The molecule has 0 saturated carbocycles. The Morgan fingerprint density at radius 1 is 1.24 bits per heavy atom. The second-order valence-corrected chi connectivity index (χ2v) is 6.64. The van der Waals surface area contributed by atoms with Gasteiger partial charge >= 0.3 is 0 Å². The van der Waals surface area contributed by atoms with Gasteiger partial charge in [-0.05, 0) is 12.0 Å². The molecule has 0 spiro atoms. The van der Waals surface area contributed by atoms with Crippen LogP contribution in [0.2, 0.25) is 0 Å². The third kappa shape index (κ3) is 4.23. The van der Waals surface area contributed by atoms with Crippen LogP contribution >= 0.6 is 0 Å². The number of anilines is 1. The number of hydrogen-bond acceptors (Lipinski definition) is 6. The second kappa shape index (κ2) is 6.97. The van der Waals surface area contributed by atoms with E-state index in [0.717, 1.165) is 0 Å². The summed E-state index contributed by atoms with van der Waals surface area (Å²) in [5.41, 5.74) is 5.92. The third-order valence-corrected chi connectivity index (χ3v) is 4.50. The first-order valence-electron chi connectivity index (χ1n) is 6.42. The lowest BCUT2D eigenvalue weighted by Gasteiger charge is -2.17. The molecule has 0 radical (unpaired) electrons. The smallest absolute Gasteiger partial charge is 0.244 e. The molecule has 0 heterocycles. The molecule has 0 fully saturated rings. The van der Waals surface area contributed by atoms with E-state index in [0.29, 0.717) is 5.75 Å². The van der Waals surface area contributed by atoms with E-state index in [1.807, 2.05) is 0 Å². The maximum Gasteiger partial charge on any atom is 0.244 e. The van der Waals surface area contributed by atoms with E-state index < -0.39 is 16.1 Å². The number of nitrogens with one attached hydrogen (secondary N) is 1. The number of aliphatic hydroxyl groups excluding tert-OH is 1. The van der Waals surface area contributed by atoms with Gasteiger partial charge in [-0.25, -0.2) is 13.1 Å². The lowest BCUT2D eigenvalue weighted by atomic mass is 10.1. The fourth-order valence-corrected chi connectivity index (χ4v) is 2.85. The number of ether oxygens (including phenoxy) is 2. The van der Waals surface area contributed by atoms with Crippen LogP contribution in [0.4, 0.5) is 5.69 Å². The van der Waals surface area contributed by atoms with E-state index in [1.54, 1.807) is 13.8 Å². The van der Waals surface area contributed by atoms with Gasteiger partial charge in [-0.3, -0.25) is 0 Å². The minimum atomic E-state index is -3.85. The van der Waals surface area contributed by atoms with Crippen molar-refractivity contribution in [1.82, 2.24) is 4.72 Å². The van der Waals surface area contributed by atoms with Crippen molar-refractivity contribution in [3.63, 3.8) is 0 Å². The summed E-state index contributed by atoms with van der Waals surface area (Å²) in [6.07, 6.45) is -0.777. The molecule has 0 aliphatic carbocycles. The maximum absolute atomic E-state index is 12.3. The van der Waals surface area contributed by atoms with Gasteiger partial charge in [0.1, 0.15) is 16.4 Å². The van der Waals surface area contributed by atoms with Crippen molar-refractivity contribution < 1.29 is 23.0 Å². The third-order valence-electron chi connectivity index (χ3n) is 3.06. The Balaban J connectivity index is 3.10. The zero-order valence-electron chi connectivity index (χ0n) is 12.6. The molecule has 120 valence electrons. The van der Waals surface area contributed by atoms with Crippen LogP contribution in [0, 0.1) is 5.92 Å². The number of aliphatic hydroxyl groups is 1. The normalized spacial score (nSPS) is 13.2. The molecule has 0 aliphatic heterocycles. The highest BCUT2D eigenvalue weighted by Gasteiger charge is 2.23. The predicted octanol–water partition coefficient (Wildman–Crippen LogP) is 0.581. The van der Waals surface area contributed by atoms with E-state index in [1.165, 1.54) is 26.4 Å². The molecule has 1 unspecified atom stereocenters. The Morgan fingerprint density at radius 3 is 2.29 bits per heavy atom. The number of methoxy groups -OCH3 is 2. The van der Waals surface area contributed by atoms with E-state index >= 15 is 0 Å². The molecule has 1 aromatic rings. The molecule has 0 saturated heterocycles. The Hall–Kier alpha value is -1.51. The van der Waals surface area contributed by atoms with Crippen molar-refractivity contribution >= 4 is 15.7 Å². The summed E-state index contributed by atoms with van der Waals surface area (Å²) in [7, 11) is -1.07. The maximum atomic E-state index is 12.3. The second-order valence-electron chi connectivity index (χ2n) is 4.91. The van der Waals surface area contributed by atoms with Crippen LogP contribution in [0.1, 0.15) is 13.8 Å². The van der Waals surface area contributed by atoms with Gasteiger partial charge in [0.2, 0.25) is 10.0 Å². The fraction of sp³-hybridized carbons (Fsp3) is 0.538. The van der Waals surface area contributed by atoms with Crippen molar-refractivity contribution in [3.8, 4) is 11.5 Å². The molecule has 1 atom stereocenters. The predicted molar refractivity (Wildman–Crippen MR) is 80.0 cm³/mol. The number of sulfonamides is 1. The molecule has 1 rings (SSSR count). The average Bonchev–Trinajstić information content (AvgIpc) is 2.44. The summed E-state index contributed by atoms with van der Waals surface area (Å²) in [5.74, 6) is 0.385. The summed E-state index contributed by atoms with van der Waals surface area (Å²) in [6.45, 7) is 3.50. The monoisotopic (exact) mass is 318 g/mol. The van der Waals surface area contributed by atoms with Crippen LogP contribution in [0.25, 0.3) is 0 Å². The van der Waals surface area contributed by atoms with E-state index in [2.05, 4.69) is 4.72 Å². The van der Waals surface area contributed by atoms with Crippen molar-refractivity contribution in [1.29, 1.82) is 0 Å². The summed E-state index contributed by atoms with van der Waals surface area (Å²) >= 11 is 0. The number of benzene rings is 1. The van der Waals surface area contributed by atoms with Gasteiger partial charge in [0.25, 0.3) is 0 Å². The lowest BCUT2D eigenvalue weighted by molar-refractivity contribution is 0.129. The number of nitrogen functional groups attached to an aromatic ring is 1. The highest BCUT2D eigenvalue weighted by atomic mass is 32.2. The average molecular weight is 318 g/mol. The fourth-order valence-electron chi connectivity index (χ4n) is 1.61. The largest absolute Gasteiger partial charge is 0.495 e. The molecule has 0 amide bonds. The SMILES string of the molecule is COc1cc(OC)c(S(=O)(=O)NCC(O)C(C)C)cc1N. The standard InChI is InChI=1S/C13H22N2O5S/c1-8(2)10(16)7-15-21(17,18)13-5-9(14)11(19-3)6-12(13)20-4/h5-6,8,10,15-16H,7,14H2,1-4H3. The van der Waals surface area contributed by atoms with Gasteiger partial charge in [0, 0.05) is 12.6 Å². The molecule has 4 N–H and O–H groups in total. The topological polar surface area (TPSA) is 111 Å². The zero-order valence-corrected chi connectivity index (χ0v) is 13.4. The highest BCUT2D eigenvalue weighted by Crippen LogP contribution is 2.33. The van der Waals surface area contributed by atoms with Crippen LogP contribution in [0.5, 0.6) is 11.5 Å². The van der Waals surface area contributed by atoms with Crippen LogP contribution in [0.15, 0.2) is 17.0 Å². The molecule has 7 nitrogen and oxygen atoms in total. The van der Waals surface area contributed by atoms with E-state index in [4.69, 9.17) is 15.2 Å². The molecule has 8 heteroatoms. The first-order valence-corrected chi connectivity index (χ1v) is 7.90. The molecular weight excluding hydrogens is 296 g/mol. The summed E-state index contributed by atoms with van der Waals surface area (Å²) < 4.78 is 37.0. The minimum Gasteiger partial charge on any atom is -0.495 e. The van der Waals surface area contributed by atoms with Gasteiger partial charge in [0.15, 0.2) is 0 Å². The Labute approximate surface area is 125 Å². The van der Waals surface area contributed by atoms with E-state index in [9.17, 15) is 13.5 Å². The molecule has 0 bridgehead atoms. The van der Waals surface area contributed by atoms with Crippen molar-refractivity contribution in [2.75, 3.05) is 26.5 Å². The summed E-state index contributed by atoms with van der Waals surface area (Å²) in [4.78, 5) is -0.0979. The first kappa shape index (κ1) is 17.5. The number of hydrogen-bond donors (Lipinski definition) is 3. The Morgan fingerprint density at radius 2 is 1.81 bits per heavy atom. The van der Waals surface area contributed by atoms with Crippen LogP contribution < -0.4 is 19.9 Å². The molecule has 21 heavy (non-hydrogen) atoms. The first-order chi connectivity index (χ1) is 9.72. The molecular formula is C13H22N2O5S. The van der Waals surface area contributed by atoms with Gasteiger partial charge in [-0.2, -0.15) is 0 Å². The van der Waals surface area contributed by atoms with Crippen LogP contribution in [-0.4, -0.2) is 40.4 Å². The summed E-state index contributed by atoms with van der Waals surface area (Å²) in [6, 6.07) is 2.67. The lowest BCUT2D eigenvalue weighted by Crippen LogP contribution is -2.34. The minimum absolute atomic E-state index is 0.0597. The molecule has 0 aliphatic rings. The van der Waals surface area contributed by atoms with Gasteiger partial charge in [-0.15, -0.1) is 0 Å². The Bertz CT molecular complexity index is 586. The highest BCUT2D eigenvalue weighted by molar-refractivity contribution is 7.89. The molecule has 0 aromatic heterocycles. The number of rotatable bonds is 7. The van der Waals surface area contributed by atoms with Crippen molar-refractivity contribution in [3.05, 3.63) is 12.1 Å². The Kier molecular flexibility index (Phi) is 5.82. The van der Waals surface area contributed by atoms with Crippen molar-refractivity contribution in [2.45, 2.75) is 24.8 Å². The quantitative estimate of drug-likeness (QED) is 0.634. The van der Waals surface area contributed by atoms with Gasteiger partial charge in [-0.1, -0.05) is 13.8 Å². The number of nitrogens with two attached hydrogens (primary N) is 1. The zero-order chi connectivity index (χ0) is 16.2. The molecule has 1 aromatic carbocycles. The summed E-state index contributed by atoms with van der Waals surface area (Å²) in [5, 5.41) is 9.70. The van der Waals surface area contributed by atoms with Crippen LogP contribution in [0.3, 0.4) is 0 Å². The van der Waals surface area contributed by atoms with Gasteiger partial charge < -0.3 is 20.3 Å². The van der Waals surface area contributed by atoms with E-state index in [-0.39, 0.29) is 28.8 Å². The van der Waals surface area contributed by atoms with Crippen molar-refractivity contribution in [2.24, 2.45) is 5.92 Å².